The number of nitrogens with two attached hydrogens (primary N) is 2. The summed E-state index contributed by atoms with van der Waals surface area (Å²) < 4.78 is 0. The first-order valence-corrected chi connectivity index (χ1v) is 9.68. The molecule has 7 N–H and O–H groups in total. The fraction of sp³-hybridized carbons (Fsp3) is 0.136. The summed E-state index contributed by atoms with van der Waals surface area (Å²) in [6, 6.07) is 14.4. The van der Waals surface area contributed by atoms with Crippen LogP contribution in [-0.2, 0) is 11.2 Å². The Bertz CT molecular complexity index is 1170. The van der Waals surface area contributed by atoms with Gasteiger partial charge in [-0.15, -0.1) is 0 Å². The van der Waals surface area contributed by atoms with E-state index in [1.165, 1.54) is 0 Å². The molecule has 2 aromatic carbocycles. The summed E-state index contributed by atoms with van der Waals surface area (Å²) in [7, 11) is 0. The van der Waals surface area contributed by atoms with Crippen molar-refractivity contribution in [1.29, 1.82) is 5.26 Å². The molecule has 0 saturated carbocycles. The van der Waals surface area contributed by atoms with E-state index >= 15 is 0 Å². The van der Waals surface area contributed by atoms with Crippen LogP contribution in [0.4, 0.5) is 11.4 Å². The lowest BCUT2D eigenvalue weighted by molar-refractivity contribution is -0.118. The first-order chi connectivity index (χ1) is 14.4. The summed E-state index contributed by atoms with van der Waals surface area (Å²) in [6.45, 7) is 1.72. The minimum absolute atomic E-state index is 0.383. The fourth-order valence-corrected chi connectivity index (χ4v) is 3.45. The number of benzene rings is 2. The predicted octanol–water partition coefficient (Wildman–Crippen LogP) is 3.15. The minimum atomic E-state index is -0.636. The number of hydrogen-bond acceptors (Lipinski definition) is 5. The molecule has 0 aliphatic carbocycles. The Balaban J connectivity index is 1.84. The highest BCUT2D eigenvalue weighted by molar-refractivity contribution is 7.81. The molecule has 7 nitrogen and oxygen atoms in total. The highest BCUT2D eigenvalue weighted by atomic mass is 32.1. The van der Waals surface area contributed by atoms with Gasteiger partial charge in [-0.3, -0.25) is 4.79 Å². The number of thiocarbonyl (C=S) groups is 1. The summed E-state index contributed by atoms with van der Waals surface area (Å²) in [5, 5.41) is 16.6. The van der Waals surface area contributed by atoms with Gasteiger partial charge < -0.3 is 27.1 Å². The molecule has 3 rings (SSSR count). The van der Waals surface area contributed by atoms with Gasteiger partial charge in [0.25, 0.3) is 0 Å². The molecule has 1 aromatic heterocycles. The number of hydrogen-bond donors (Lipinski definition) is 5. The second-order valence-corrected chi connectivity index (χ2v) is 7.35. The lowest BCUT2D eigenvalue weighted by atomic mass is 10.0. The molecule has 0 saturated heterocycles. The number of carbonyl (C=O) groups excluding carboxylic acids is 1. The second-order valence-electron chi connectivity index (χ2n) is 6.91. The SMILES string of the molecule is CC(N)=CC(=S)Nc1cc(N[C@H](Cc2c[nH]c3ccccc23)C(N)=O)ccc1C#N. The number of allylic oxidation sites excluding steroid dienone is 1. The van der Waals surface area contributed by atoms with Gasteiger partial charge in [-0.2, -0.15) is 5.26 Å². The molecule has 0 spiro atoms. The molecular weight excluding hydrogens is 396 g/mol. The first-order valence-electron chi connectivity index (χ1n) is 9.27. The molecule has 0 aliphatic rings. The van der Waals surface area contributed by atoms with Gasteiger partial charge in [0.2, 0.25) is 5.91 Å². The summed E-state index contributed by atoms with van der Waals surface area (Å²) in [5.41, 5.74) is 15.4. The van der Waals surface area contributed by atoms with Crippen molar-refractivity contribution >= 4 is 45.4 Å². The Labute approximate surface area is 179 Å². The number of para-hydroxylation sites is 1. The number of amides is 1. The molecule has 30 heavy (non-hydrogen) atoms. The highest BCUT2D eigenvalue weighted by Crippen LogP contribution is 2.24. The normalized spacial score (nSPS) is 12.2. The van der Waals surface area contributed by atoms with E-state index in [0.29, 0.717) is 34.0 Å². The molecule has 0 unspecified atom stereocenters. The lowest BCUT2D eigenvalue weighted by Crippen LogP contribution is -2.37. The molecule has 0 radical (unpaired) electrons. The molecule has 0 aliphatic heterocycles. The van der Waals surface area contributed by atoms with Crippen LogP contribution < -0.4 is 22.1 Å². The summed E-state index contributed by atoms with van der Waals surface area (Å²) in [6.07, 6.45) is 3.89. The molecule has 3 aromatic rings. The van der Waals surface area contributed by atoms with Crippen LogP contribution in [0.3, 0.4) is 0 Å². The van der Waals surface area contributed by atoms with Gasteiger partial charge in [-0.05, 0) is 42.8 Å². The van der Waals surface area contributed by atoms with Crippen molar-refractivity contribution in [2.24, 2.45) is 11.5 Å². The number of fused-ring (bicyclic) bond motifs is 1. The highest BCUT2D eigenvalue weighted by Gasteiger charge is 2.18. The number of nitrogens with zero attached hydrogens (tertiary/aromatic N) is 1. The maximum absolute atomic E-state index is 12.1. The predicted molar refractivity (Wildman–Crippen MR) is 124 cm³/mol. The van der Waals surface area contributed by atoms with Crippen LogP contribution in [0.25, 0.3) is 10.9 Å². The summed E-state index contributed by atoms with van der Waals surface area (Å²) >= 11 is 5.24. The van der Waals surface area contributed by atoms with Crippen LogP contribution >= 0.6 is 12.2 Å². The van der Waals surface area contributed by atoms with Crippen molar-refractivity contribution in [3.63, 3.8) is 0 Å². The number of H-pyrrole nitrogens is 1. The Morgan fingerprint density at radius 3 is 2.77 bits per heavy atom. The number of aromatic amines is 1. The van der Waals surface area contributed by atoms with E-state index in [1.807, 2.05) is 30.5 Å². The molecule has 0 fully saturated rings. The van der Waals surface area contributed by atoms with E-state index < -0.39 is 11.9 Å². The maximum Gasteiger partial charge on any atom is 0.240 e. The van der Waals surface area contributed by atoms with Crippen molar-refractivity contribution in [3.8, 4) is 6.07 Å². The Morgan fingerprint density at radius 1 is 1.30 bits per heavy atom. The van der Waals surface area contributed by atoms with Crippen molar-refractivity contribution in [1.82, 2.24) is 4.98 Å². The third-order valence-electron chi connectivity index (χ3n) is 4.54. The molecular formula is C22H22N6OS. The van der Waals surface area contributed by atoms with Crippen molar-refractivity contribution in [3.05, 3.63) is 71.6 Å². The molecule has 152 valence electrons. The summed E-state index contributed by atoms with van der Waals surface area (Å²) in [5.74, 6) is -0.476. The third-order valence-corrected chi connectivity index (χ3v) is 4.76. The van der Waals surface area contributed by atoms with Crippen LogP contribution in [0.2, 0.25) is 0 Å². The number of rotatable bonds is 7. The minimum Gasteiger partial charge on any atom is -0.402 e. The van der Waals surface area contributed by atoms with E-state index in [-0.39, 0.29) is 0 Å². The molecule has 1 heterocycles. The summed E-state index contributed by atoms with van der Waals surface area (Å²) in [4.78, 5) is 15.7. The van der Waals surface area contributed by atoms with E-state index in [2.05, 4.69) is 21.7 Å². The van der Waals surface area contributed by atoms with Crippen molar-refractivity contribution < 1.29 is 4.79 Å². The average molecular weight is 419 g/mol. The topological polar surface area (TPSA) is 133 Å². The molecule has 0 bridgehead atoms. The smallest absolute Gasteiger partial charge is 0.240 e. The Morgan fingerprint density at radius 2 is 2.07 bits per heavy atom. The Kier molecular flexibility index (Phi) is 6.35. The third kappa shape index (κ3) is 4.96. The van der Waals surface area contributed by atoms with E-state index in [0.717, 1.165) is 16.5 Å². The monoisotopic (exact) mass is 418 g/mol. The lowest BCUT2D eigenvalue weighted by Gasteiger charge is -2.18. The van der Waals surface area contributed by atoms with E-state index in [1.54, 1.807) is 31.2 Å². The van der Waals surface area contributed by atoms with Crippen LogP contribution in [0.5, 0.6) is 0 Å². The largest absolute Gasteiger partial charge is 0.402 e. The Hall–Kier alpha value is -3.83. The number of anilines is 2. The van der Waals surface area contributed by atoms with Crippen molar-refractivity contribution in [2.75, 3.05) is 10.6 Å². The second kappa shape index (κ2) is 9.11. The number of nitriles is 1. The quantitative estimate of drug-likeness (QED) is 0.296. The molecule has 8 heteroatoms. The van der Waals surface area contributed by atoms with Crippen LogP contribution in [0.15, 0.2) is 60.4 Å². The van der Waals surface area contributed by atoms with Crippen LogP contribution in [-0.4, -0.2) is 21.9 Å². The number of aromatic nitrogens is 1. The van der Waals surface area contributed by atoms with Gasteiger partial charge in [0, 0.05) is 34.9 Å². The zero-order valence-electron chi connectivity index (χ0n) is 16.4. The van der Waals surface area contributed by atoms with Crippen molar-refractivity contribution in [2.45, 2.75) is 19.4 Å². The average Bonchev–Trinajstić information content (AvgIpc) is 3.10. The molecule has 1 atom stereocenters. The first kappa shape index (κ1) is 20.9. The number of carbonyl (C=O) groups is 1. The van der Waals surface area contributed by atoms with Gasteiger partial charge in [0.15, 0.2) is 0 Å². The van der Waals surface area contributed by atoms with E-state index in [9.17, 15) is 10.1 Å². The maximum atomic E-state index is 12.1. The van der Waals surface area contributed by atoms with Gasteiger partial charge >= 0.3 is 0 Å². The van der Waals surface area contributed by atoms with Crippen LogP contribution in [0.1, 0.15) is 18.1 Å². The van der Waals surface area contributed by atoms with Gasteiger partial charge in [0.05, 0.1) is 11.3 Å². The zero-order valence-corrected chi connectivity index (χ0v) is 17.2. The van der Waals surface area contributed by atoms with Gasteiger partial charge in [-0.25, -0.2) is 0 Å². The van der Waals surface area contributed by atoms with E-state index in [4.69, 9.17) is 23.7 Å². The van der Waals surface area contributed by atoms with Gasteiger partial charge in [-0.1, -0.05) is 30.4 Å². The fourth-order valence-electron chi connectivity index (χ4n) is 3.15. The number of primary amides is 1. The standard InChI is InChI=1S/C22H22N6OS/c1-13(24)8-21(30)28-19-10-16(7-6-14(19)11-23)27-20(22(25)29)9-15-12-26-18-5-3-2-4-17(15)18/h2-8,10,12,20,26-27H,9,24H2,1H3,(H2,25,29)(H,28,30)/t20-/m1/s1. The molecule has 1 amide bonds. The number of nitrogens with one attached hydrogen (secondary N) is 3. The van der Waals surface area contributed by atoms with Gasteiger partial charge in [0.1, 0.15) is 17.1 Å². The zero-order chi connectivity index (χ0) is 21.7. The van der Waals surface area contributed by atoms with Crippen LogP contribution in [0, 0.1) is 11.3 Å².